The molecule has 8 aromatic rings. The SMILES string of the molecule is CC1(C)C2=C(C=CCC2)c2ccc(-c3c4ccccc4c(-c4ccc5ccccc5c4)c4ccc5c(c34)[Si](C)(C)c3cc4ccccc4cc3-5)cc21. The van der Waals surface area contributed by atoms with Crippen molar-refractivity contribution in [2.45, 2.75) is 45.2 Å². The minimum atomic E-state index is -2.17. The van der Waals surface area contributed by atoms with E-state index in [-0.39, 0.29) is 5.41 Å². The van der Waals surface area contributed by atoms with E-state index in [9.17, 15) is 0 Å². The second-order valence-corrected chi connectivity index (χ2v) is 20.6. The largest absolute Gasteiger partial charge is 0.114 e. The normalized spacial score (nSPS) is 16.5. The molecule has 1 heterocycles. The lowest BCUT2D eigenvalue weighted by Gasteiger charge is -2.27. The molecule has 0 N–H and O–H groups in total. The Morgan fingerprint density at radius 3 is 1.96 bits per heavy atom. The third-order valence-corrected chi connectivity index (χ3v) is 16.4. The highest BCUT2D eigenvalue weighted by Gasteiger charge is 2.41. The Bertz CT molecular complexity index is 2950. The van der Waals surface area contributed by atoms with Crippen LogP contribution in [0.25, 0.3) is 82.0 Å². The fourth-order valence-corrected chi connectivity index (χ4v) is 13.8. The maximum Gasteiger partial charge on any atom is 0.114 e. The number of hydrogen-bond donors (Lipinski definition) is 0. The van der Waals surface area contributed by atoms with Crippen molar-refractivity contribution in [1.82, 2.24) is 0 Å². The zero-order chi connectivity index (χ0) is 34.9. The summed E-state index contributed by atoms with van der Waals surface area (Å²) < 4.78 is 0. The minimum absolute atomic E-state index is 0.00832. The van der Waals surface area contributed by atoms with Gasteiger partial charge in [0.25, 0.3) is 0 Å². The van der Waals surface area contributed by atoms with Gasteiger partial charge in [0.1, 0.15) is 8.07 Å². The highest BCUT2D eigenvalue weighted by molar-refractivity contribution is 7.05. The summed E-state index contributed by atoms with van der Waals surface area (Å²) in [5.41, 5.74) is 14.2. The van der Waals surface area contributed by atoms with Gasteiger partial charge in [0.15, 0.2) is 0 Å². The molecule has 248 valence electrons. The van der Waals surface area contributed by atoms with E-state index < -0.39 is 8.07 Å². The Morgan fingerprint density at radius 2 is 1.17 bits per heavy atom. The van der Waals surface area contributed by atoms with Crippen molar-refractivity contribution in [3.8, 4) is 33.4 Å². The van der Waals surface area contributed by atoms with Crippen LogP contribution in [-0.4, -0.2) is 8.07 Å². The quantitative estimate of drug-likeness (QED) is 0.126. The first-order valence-corrected chi connectivity index (χ1v) is 21.9. The van der Waals surface area contributed by atoms with E-state index >= 15 is 0 Å². The van der Waals surface area contributed by atoms with E-state index in [1.54, 1.807) is 15.9 Å². The third kappa shape index (κ3) is 3.98. The molecule has 3 aliphatic rings. The van der Waals surface area contributed by atoms with Gasteiger partial charge in [0.05, 0.1) is 0 Å². The van der Waals surface area contributed by atoms with E-state index in [0.29, 0.717) is 0 Å². The topological polar surface area (TPSA) is 0 Å². The zero-order valence-electron chi connectivity index (χ0n) is 30.3. The fourth-order valence-electron chi connectivity index (χ4n) is 10.4. The van der Waals surface area contributed by atoms with Gasteiger partial charge in [-0.15, -0.1) is 0 Å². The molecular formula is C51H40Si. The molecule has 11 rings (SSSR count). The first-order valence-electron chi connectivity index (χ1n) is 18.9. The molecule has 0 fully saturated rings. The molecule has 1 heteroatoms. The number of hydrogen-bond acceptors (Lipinski definition) is 0. The summed E-state index contributed by atoms with van der Waals surface area (Å²) in [4.78, 5) is 0. The van der Waals surface area contributed by atoms with Crippen molar-refractivity contribution in [3.05, 3.63) is 162 Å². The smallest absolute Gasteiger partial charge is 0.0836 e. The monoisotopic (exact) mass is 680 g/mol. The van der Waals surface area contributed by atoms with Crippen LogP contribution in [0.5, 0.6) is 0 Å². The summed E-state index contributed by atoms with van der Waals surface area (Å²) in [6.07, 6.45) is 7.03. The van der Waals surface area contributed by atoms with Crippen LogP contribution in [0.4, 0.5) is 0 Å². The van der Waals surface area contributed by atoms with Gasteiger partial charge in [0, 0.05) is 5.41 Å². The maximum atomic E-state index is 2.59. The van der Waals surface area contributed by atoms with Crippen molar-refractivity contribution in [2.24, 2.45) is 0 Å². The number of benzene rings is 8. The van der Waals surface area contributed by atoms with Gasteiger partial charge in [0.2, 0.25) is 0 Å². The molecular weight excluding hydrogens is 641 g/mol. The molecule has 0 bridgehead atoms. The molecule has 0 unspecified atom stereocenters. The number of rotatable bonds is 2. The lowest BCUT2D eigenvalue weighted by atomic mass is 9.77. The summed E-state index contributed by atoms with van der Waals surface area (Å²) in [5.74, 6) is 0. The van der Waals surface area contributed by atoms with Crippen molar-refractivity contribution in [1.29, 1.82) is 0 Å². The molecule has 0 saturated carbocycles. The molecule has 0 aromatic heterocycles. The predicted molar refractivity (Wildman–Crippen MR) is 228 cm³/mol. The second kappa shape index (κ2) is 10.5. The average molecular weight is 681 g/mol. The summed E-state index contributed by atoms with van der Waals surface area (Å²) in [7, 11) is -2.17. The Hall–Kier alpha value is -5.50. The average Bonchev–Trinajstić information content (AvgIpc) is 3.54. The van der Waals surface area contributed by atoms with Gasteiger partial charge in [-0.1, -0.05) is 160 Å². The first kappa shape index (κ1) is 30.2. The molecule has 0 nitrogen and oxygen atoms in total. The van der Waals surface area contributed by atoms with Crippen LogP contribution >= 0.6 is 0 Å². The molecule has 0 saturated heterocycles. The predicted octanol–water partition coefficient (Wildman–Crippen LogP) is 12.8. The Labute approximate surface area is 306 Å². The van der Waals surface area contributed by atoms with E-state index in [0.717, 1.165) is 12.8 Å². The van der Waals surface area contributed by atoms with Gasteiger partial charge < -0.3 is 0 Å². The van der Waals surface area contributed by atoms with Crippen LogP contribution in [0, 0.1) is 0 Å². The summed E-state index contributed by atoms with van der Waals surface area (Å²) in [5, 5.41) is 13.8. The van der Waals surface area contributed by atoms with Gasteiger partial charge in [-0.2, -0.15) is 0 Å². The fraction of sp³-hybridized carbons (Fsp3) is 0.137. The zero-order valence-corrected chi connectivity index (χ0v) is 31.3. The molecule has 2 aliphatic carbocycles. The molecule has 52 heavy (non-hydrogen) atoms. The van der Waals surface area contributed by atoms with Gasteiger partial charge in [-0.25, -0.2) is 0 Å². The van der Waals surface area contributed by atoms with Gasteiger partial charge in [-0.3, -0.25) is 0 Å². The van der Waals surface area contributed by atoms with Crippen LogP contribution in [0.15, 0.2) is 151 Å². The van der Waals surface area contributed by atoms with E-state index in [1.165, 1.54) is 93.2 Å². The standard InChI is InChI=1S/C51H40Si/c1-51(2)44-20-12-11-17-37(44)38-24-23-36(29-45(38)51)48-40-19-10-9-18-39(40)47(35-22-21-31-13-5-6-14-32(31)27-35)42-26-25-41-43-28-33-15-7-8-16-34(33)30-46(43)52(3,4)50(41)49(42)48/h5-11,13-19,21-30H,12,20H2,1-4H3. The molecule has 0 spiro atoms. The van der Waals surface area contributed by atoms with Crippen LogP contribution in [0.1, 0.15) is 37.8 Å². The molecule has 0 amide bonds. The highest BCUT2D eigenvalue weighted by Crippen LogP contribution is 2.53. The number of allylic oxidation sites excluding steroid dienone is 4. The van der Waals surface area contributed by atoms with Crippen LogP contribution in [0.3, 0.4) is 0 Å². The Balaban J connectivity index is 1.29. The highest BCUT2D eigenvalue weighted by atomic mass is 28.3. The van der Waals surface area contributed by atoms with Crippen LogP contribution in [-0.2, 0) is 5.41 Å². The molecule has 0 radical (unpaired) electrons. The third-order valence-electron chi connectivity index (χ3n) is 12.9. The van der Waals surface area contributed by atoms with E-state index in [4.69, 9.17) is 0 Å². The van der Waals surface area contributed by atoms with Gasteiger partial charge >= 0.3 is 0 Å². The summed E-state index contributed by atoms with van der Waals surface area (Å²) >= 11 is 0. The second-order valence-electron chi connectivity index (χ2n) is 16.4. The summed E-state index contributed by atoms with van der Waals surface area (Å²) in [6, 6.07) is 51.4. The van der Waals surface area contributed by atoms with E-state index in [2.05, 4.69) is 173 Å². The van der Waals surface area contributed by atoms with Crippen LogP contribution < -0.4 is 10.4 Å². The molecule has 8 aromatic carbocycles. The lowest BCUT2D eigenvalue weighted by Crippen LogP contribution is -2.49. The molecule has 1 aliphatic heterocycles. The first-order chi connectivity index (χ1) is 25.3. The minimum Gasteiger partial charge on any atom is -0.0836 e. The maximum absolute atomic E-state index is 2.59. The van der Waals surface area contributed by atoms with Crippen molar-refractivity contribution in [3.63, 3.8) is 0 Å². The van der Waals surface area contributed by atoms with E-state index in [1.807, 2.05) is 0 Å². The van der Waals surface area contributed by atoms with Crippen molar-refractivity contribution in [2.75, 3.05) is 0 Å². The lowest BCUT2D eigenvalue weighted by molar-refractivity contribution is 0.607. The Morgan fingerprint density at radius 1 is 0.538 bits per heavy atom. The molecule has 0 atom stereocenters. The van der Waals surface area contributed by atoms with Crippen LogP contribution in [0.2, 0.25) is 13.1 Å². The number of fused-ring (bicyclic) bond motifs is 10. The van der Waals surface area contributed by atoms with Crippen molar-refractivity contribution < 1.29 is 0 Å². The summed E-state index contributed by atoms with van der Waals surface area (Å²) in [6.45, 7) is 10.1. The Kier molecular flexibility index (Phi) is 6.11. The van der Waals surface area contributed by atoms with Crippen molar-refractivity contribution >= 4 is 67.1 Å². The van der Waals surface area contributed by atoms with Gasteiger partial charge in [-0.05, 0) is 135 Å².